The molecule has 0 saturated carbocycles. The predicted molar refractivity (Wildman–Crippen MR) is 124 cm³/mol. The maximum Gasteiger partial charge on any atom is 0.221 e. The van der Waals surface area contributed by atoms with E-state index in [1.165, 1.54) is 17.7 Å². The number of fused-ring (bicyclic) bond motifs is 1. The highest BCUT2D eigenvalue weighted by atomic mass is 32.2. The van der Waals surface area contributed by atoms with Crippen molar-refractivity contribution in [2.24, 2.45) is 0 Å². The summed E-state index contributed by atoms with van der Waals surface area (Å²) in [6.07, 6.45) is 2.88. The lowest BCUT2D eigenvalue weighted by molar-refractivity contribution is -0.120. The van der Waals surface area contributed by atoms with Crippen LogP contribution in [-0.2, 0) is 40.6 Å². The second-order valence-corrected chi connectivity index (χ2v) is 10.3. The third-order valence-electron chi connectivity index (χ3n) is 5.73. The van der Waals surface area contributed by atoms with Gasteiger partial charge in [0.15, 0.2) is 9.84 Å². The van der Waals surface area contributed by atoms with Gasteiger partial charge >= 0.3 is 0 Å². The second-order valence-electron chi connectivity index (χ2n) is 8.19. The van der Waals surface area contributed by atoms with Gasteiger partial charge < -0.3 is 10.1 Å². The molecule has 1 aliphatic carbocycles. The van der Waals surface area contributed by atoms with E-state index in [-0.39, 0.29) is 30.5 Å². The molecule has 0 spiro atoms. The fourth-order valence-corrected chi connectivity index (χ4v) is 5.16. The van der Waals surface area contributed by atoms with Crippen molar-refractivity contribution < 1.29 is 22.3 Å². The Labute approximate surface area is 193 Å². The van der Waals surface area contributed by atoms with Crippen LogP contribution < -0.4 is 10.1 Å². The minimum Gasteiger partial charge on any atom is -0.489 e. The maximum atomic E-state index is 13.2. The molecule has 0 heterocycles. The van der Waals surface area contributed by atoms with Crippen molar-refractivity contribution in [1.29, 1.82) is 0 Å². The summed E-state index contributed by atoms with van der Waals surface area (Å²) in [7, 11) is -3.50. The molecule has 172 valence electrons. The van der Waals surface area contributed by atoms with Crippen LogP contribution in [0.1, 0.15) is 35.1 Å². The van der Waals surface area contributed by atoms with Crippen molar-refractivity contribution in [2.75, 3.05) is 5.75 Å². The third-order valence-corrected chi connectivity index (χ3v) is 7.45. The number of nitrogens with one attached hydrogen (secondary N) is 1. The zero-order chi connectivity index (χ0) is 23.3. The summed E-state index contributed by atoms with van der Waals surface area (Å²) in [5.74, 6) is -0.201. The van der Waals surface area contributed by atoms with Gasteiger partial charge in [-0.1, -0.05) is 30.3 Å². The van der Waals surface area contributed by atoms with Crippen molar-refractivity contribution in [3.63, 3.8) is 0 Å². The molecule has 0 unspecified atom stereocenters. The molecule has 1 amide bonds. The van der Waals surface area contributed by atoms with Crippen LogP contribution >= 0.6 is 0 Å². The molecule has 7 heteroatoms. The van der Waals surface area contributed by atoms with Gasteiger partial charge in [-0.05, 0) is 77.9 Å². The van der Waals surface area contributed by atoms with Crippen LogP contribution in [0.5, 0.6) is 5.75 Å². The number of carbonyl (C=O) groups is 1. The van der Waals surface area contributed by atoms with Crippen LogP contribution in [0.15, 0.2) is 71.6 Å². The Morgan fingerprint density at radius 1 is 0.939 bits per heavy atom. The number of ether oxygens (including phenoxy) is 1. The van der Waals surface area contributed by atoms with E-state index in [9.17, 15) is 17.6 Å². The molecule has 33 heavy (non-hydrogen) atoms. The van der Waals surface area contributed by atoms with Crippen molar-refractivity contribution in [2.45, 2.75) is 43.7 Å². The lowest BCUT2D eigenvalue weighted by Gasteiger charge is -2.09. The number of hydrogen-bond acceptors (Lipinski definition) is 4. The van der Waals surface area contributed by atoms with Crippen LogP contribution in [0.25, 0.3) is 0 Å². The molecule has 1 aliphatic rings. The number of benzene rings is 3. The Bertz CT molecular complexity index is 1240. The van der Waals surface area contributed by atoms with Gasteiger partial charge in [0.2, 0.25) is 5.91 Å². The first-order valence-corrected chi connectivity index (χ1v) is 12.6. The molecule has 0 aromatic heterocycles. The molecular weight excluding hydrogens is 441 g/mol. The summed E-state index contributed by atoms with van der Waals surface area (Å²) in [4.78, 5) is 12.5. The minimum atomic E-state index is -3.50. The van der Waals surface area contributed by atoms with Gasteiger partial charge in [0.05, 0.1) is 10.6 Å². The van der Waals surface area contributed by atoms with Crippen molar-refractivity contribution >= 4 is 15.7 Å². The first-order chi connectivity index (χ1) is 15.9. The predicted octanol–water partition coefficient (Wildman–Crippen LogP) is 4.37. The number of rotatable bonds is 9. The molecule has 1 N–H and O–H groups in total. The van der Waals surface area contributed by atoms with E-state index < -0.39 is 9.84 Å². The quantitative estimate of drug-likeness (QED) is 0.507. The Morgan fingerprint density at radius 2 is 1.73 bits per heavy atom. The normalized spacial score (nSPS) is 12.9. The Kier molecular flexibility index (Phi) is 7.08. The lowest BCUT2D eigenvalue weighted by Crippen LogP contribution is -2.25. The highest BCUT2D eigenvalue weighted by Crippen LogP contribution is 2.25. The maximum absolute atomic E-state index is 13.2. The van der Waals surface area contributed by atoms with Crippen LogP contribution in [0, 0.1) is 5.82 Å². The van der Waals surface area contributed by atoms with Crippen LogP contribution in [0.2, 0.25) is 0 Å². The zero-order valence-electron chi connectivity index (χ0n) is 18.2. The van der Waals surface area contributed by atoms with E-state index in [0.29, 0.717) is 17.2 Å². The van der Waals surface area contributed by atoms with Crippen LogP contribution in [0.3, 0.4) is 0 Å². The fraction of sp³-hybridized carbons (Fsp3) is 0.269. The van der Waals surface area contributed by atoms with Crippen molar-refractivity contribution in [3.05, 3.63) is 94.8 Å². The molecular formula is C26H26FNO4S. The summed E-state index contributed by atoms with van der Waals surface area (Å²) >= 11 is 0. The smallest absolute Gasteiger partial charge is 0.221 e. The van der Waals surface area contributed by atoms with Gasteiger partial charge in [-0.3, -0.25) is 4.79 Å². The summed E-state index contributed by atoms with van der Waals surface area (Å²) < 4.78 is 44.1. The van der Waals surface area contributed by atoms with E-state index in [0.717, 1.165) is 36.0 Å². The molecule has 0 bridgehead atoms. The number of amides is 1. The summed E-state index contributed by atoms with van der Waals surface area (Å²) in [6, 6.07) is 18.7. The fourth-order valence-electron chi connectivity index (χ4n) is 3.87. The average Bonchev–Trinajstić information content (AvgIpc) is 3.29. The standard InChI is InChI=1S/C26H26FNO4S/c27-23-6-1-3-20(15-23)18-32-24-10-7-19(8-11-24)17-28-26(29)13-14-33(30,31)25-12-9-21-4-2-5-22(21)16-25/h1,3,6-12,15-16H,2,4-5,13-14,17-18H2,(H,28,29). The molecule has 0 aliphatic heterocycles. The molecule has 0 atom stereocenters. The highest BCUT2D eigenvalue weighted by molar-refractivity contribution is 7.91. The largest absolute Gasteiger partial charge is 0.489 e. The highest BCUT2D eigenvalue weighted by Gasteiger charge is 2.19. The third kappa shape index (κ3) is 6.20. The minimum absolute atomic E-state index is 0.0890. The SMILES string of the molecule is O=C(CCS(=O)(=O)c1ccc2c(c1)CCC2)NCc1ccc(OCc2cccc(F)c2)cc1. The molecule has 3 aromatic carbocycles. The molecule has 0 saturated heterocycles. The number of aryl methyl sites for hydroxylation is 2. The van der Waals surface area contributed by atoms with E-state index in [2.05, 4.69) is 5.32 Å². The molecule has 4 rings (SSSR count). The Morgan fingerprint density at radius 3 is 2.52 bits per heavy atom. The monoisotopic (exact) mass is 467 g/mol. The van der Waals surface area contributed by atoms with Crippen molar-refractivity contribution in [1.82, 2.24) is 5.32 Å². The summed E-state index contributed by atoms with van der Waals surface area (Å²) in [5.41, 5.74) is 3.92. The number of sulfone groups is 1. The first-order valence-electron chi connectivity index (χ1n) is 11.0. The molecule has 0 radical (unpaired) electrons. The van der Waals surface area contributed by atoms with E-state index in [4.69, 9.17) is 4.74 Å². The first kappa shape index (κ1) is 23.0. The average molecular weight is 468 g/mol. The number of carbonyl (C=O) groups excluding carboxylic acids is 1. The molecule has 5 nitrogen and oxygen atoms in total. The number of halogens is 1. The van der Waals surface area contributed by atoms with Gasteiger partial charge in [-0.15, -0.1) is 0 Å². The van der Waals surface area contributed by atoms with Crippen molar-refractivity contribution in [3.8, 4) is 5.75 Å². The van der Waals surface area contributed by atoms with Crippen LogP contribution in [0.4, 0.5) is 4.39 Å². The second kappa shape index (κ2) is 10.2. The Balaban J connectivity index is 1.23. The van der Waals surface area contributed by atoms with E-state index >= 15 is 0 Å². The topological polar surface area (TPSA) is 72.5 Å². The Hall–Kier alpha value is -3.19. The number of hydrogen-bond donors (Lipinski definition) is 1. The molecule has 3 aromatic rings. The van der Waals surface area contributed by atoms with Gasteiger partial charge in [0.1, 0.15) is 18.2 Å². The summed E-state index contributed by atoms with van der Waals surface area (Å²) in [5, 5.41) is 2.76. The van der Waals surface area contributed by atoms with Gasteiger partial charge in [-0.2, -0.15) is 0 Å². The van der Waals surface area contributed by atoms with Gasteiger partial charge in [0, 0.05) is 13.0 Å². The van der Waals surface area contributed by atoms with Crippen LogP contribution in [-0.4, -0.2) is 20.1 Å². The summed E-state index contributed by atoms with van der Waals surface area (Å²) in [6.45, 7) is 0.550. The molecule has 0 fully saturated rings. The van der Waals surface area contributed by atoms with E-state index in [1.54, 1.807) is 36.4 Å². The van der Waals surface area contributed by atoms with Gasteiger partial charge in [0.25, 0.3) is 0 Å². The van der Waals surface area contributed by atoms with E-state index in [1.807, 2.05) is 18.2 Å². The lowest BCUT2D eigenvalue weighted by atomic mass is 10.1. The zero-order valence-corrected chi connectivity index (χ0v) is 19.0. The van der Waals surface area contributed by atoms with Gasteiger partial charge in [-0.25, -0.2) is 12.8 Å².